The van der Waals surface area contributed by atoms with Crippen molar-refractivity contribution in [2.45, 2.75) is 31.9 Å². The first-order chi connectivity index (χ1) is 8.92. The van der Waals surface area contributed by atoms with E-state index in [1.54, 1.807) is 13.8 Å². The predicted molar refractivity (Wildman–Crippen MR) is 71.3 cm³/mol. The van der Waals surface area contributed by atoms with E-state index in [1.807, 2.05) is 30.3 Å². The number of ether oxygens (including phenoxy) is 1. The lowest BCUT2D eigenvalue weighted by Gasteiger charge is -2.31. The quantitative estimate of drug-likeness (QED) is 0.668. The molecule has 2 rings (SSSR count). The van der Waals surface area contributed by atoms with Gasteiger partial charge in [-0.25, -0.2) is 4.79 Å². The Labute approximate surface area is 112 Å². The van der Waals surface area contributed by atoms with Gasteiger partial charge in [0.2, 0.25) is 5.91 Å². The largest absolute Gasteiger partial charge is 0.435 e. The van der Waals surface area contributed by atoms with Gasteiger partial charge in [0.25, 0.3) is 0 Å². The van der Waals surface area contributed by atoms with Crippen molar-refractivity contribution in [1.82, 2.24) is 5.32 Å². The average Bonchev–Trinajstić information content (AvgIpc) is 2.65. The van der Waals surface area contributed by atoms with Crippen molar-refractivity contribution in [2.24, 2.45) is 0 Å². The Balaban J connectivity index is 2.29. The maximum absolute atomic E-state index is 11.7. The Hall–Kier alpha value is -2.10. The summed E-state index contributed by atoms with van der Waals surface area (Å²) in [6.07, 6.45) is 0.310. The minimum absolute atomic E-state index is 0.120. The molecule has 1 heterocycles. The Kier molecular flexibility index (Phi) is 3.42. The Bertz CT molecular complexity index is 523. The van der Waals surface area contributed by atoms with E-state index in [9.17, 15) is 9.59 Å². The van der Waals surface area contributed by atoms with E-state index >= 15 is 0 Å². The molecule has 1 aliphatic rings. The summed E-state index contributed by atoms with van der Waals surface area (Å²) in [6.45, 7) is 6.86. The van der Waals surface area contributed by atoms with Gasteiger partial charge in [0.05, 0.1) is 5.92 Å². The highest BCUT2D eigenvalue weighted by atomic mass is 16.6. The smallest absolute Gasteiger partial charge is 0.335 e. The summed E-state index contributed by atoms with van der Waals surface area (Å²) in [5.74, 6) is -0.805. The van der Waals surface area contributed by atoms with E-state index in [0.29, 0.717) is 12.0 Å². The van der Waals surface area contributed by atoms with Crippen molar-refractivity contribution < 1.29 is 14.3 Å². The van der Waals surface area contributed by atoms with E-state index in [-0.39, 0.29) is 11.8 Å². The first-order valence-electron chi connectivity index (χ1n) is 6.17. The maximum Gasteiger partial charge on any atom is 0.335 e. The lowest BCUT2D eigenvalue weighted by Crippen LogP contribution is -2.46. The Morgan fingerprint density at radius 3 is 2.63 bits per heavy atom. The van der Waals surface area contributed by atoms with Crippen LogP contribution in [0.25, 0.3) is 0 Å². The number of nitrogens with one attached hydrogen (secondary N) is 1. The second kappa shape index (κ2) is 4.88. The molecular formula is C15H17NO3. The summed E-state index contributed by atoms with van der Waals surface area (Å²) in [6, 6.07) is 9.57. The fourth-order valence-corrected chi connectivity index (χ4v) is 2.29. The number of amides is 1. The van der Waals surface area contributed by atoms with Gasteiger partial charge in [-0.1, -0.05) is 36.9 Å². The van der Waals surface area contributed by atoms with E-state index in [2.05, 4.69) is 11.9 Å². The van der Waals surface area contributed by atoms with Gasteiger partial charge < -0.3 is 10.1 Å². The van der Waals surface area contributed by atoms with Gasteiger partial charge in [-0.2, -0.15) is 0 Å². The molecule has 1 aliphatic heterocycles. The van der Waals surface area contributed by atoms with Crippen molar-refractivity contribution in [3.05, 3.63) is 48.0 Å². The third-order valence-corrected chi connectivity index (χ3v) is 3.30. The van der Waals surface area contributed by atoms with Gasteiger partial charge in [0, 0.05) is 12.0 Å². The zero-order valence-corrected chi connectivity index (χ0v) is 11.1. The molecular weight excluding hydrogens is 242 g/mol. The molecule has 1 amide bonds. The Morgan fingerprint density at radius 1 is 1.42 bits per heavy atom. The molecule has 0 aliphatic carbocycles. The zero-order chi connectivity index (χ0) is 14.0. The minimum Gasteiger partial charge on any atom is -0.435 e. The Morgan fingerprint density at radius 2 is 2.05 bits per heavy atom. The van der Waals surface area contributed by atoms with Crippen molar-refractivity contribution in [3.63, 3.8) is 0 Å². The fourth-order valence-electron chi connectivity index (χ4n) is 2.29. The molecule has 1 aromatic rings. The second-order valence-corrected chi connectivity index (χ2v) is 4.99. The SMILES string of the molecule is C=C(C)C(=O)OC1(C)NC(=O)CC1c1ccccc1. The molecule has 0 bridgehead atoms. The van der Waals surface area contributed by atoms with Crippen LogP contribution in [-0.4, -0.2) is 17.6 Å². The number of hydrogen-bond acceptors (Lipinski definition) is 3. The number of esters is 1. The van der Waals surface area contributed by atoms with E-state index in [4.69, 9.17) is 4.74 Å². The molecule has 4 nitrogen and oxygen atoms in total. The third-order valence-electron chi connectivity index (χ3n) is 3.30. The lowest BCUT2D eigenvalue weighted by atomic mass is 9.90. The summed E-state index contributed by atoms with van der Waals surface area (Å²) >= 11 is 0. The van der Waals surface area contributed by atoms with Crippen LogP contribution in [-0.2, 0) is 14.3 Å². The van der Waals surface area contributed by atoms with Crippen LogP contribution in [0.15, 0.2) is 42.5 Å². The number of rotatable bonds is 3. The second-order valence-electron chi connectivity index (χ2n) is 4.99. The number of benzene rings is 1. The lowest BCUT2D eigenvalue weighted by molar-refractivity contribution is -0.157. The van der Waals surface area contributed by atoms with Crippen LogP contribution in [0.5, 0.6) is 0 Å². The summed E-state index contributed by atoms with van der Waals surface area (Å²) in [5, 5.41) is 2.74. The van der Waals surface area contributed by atoms with Crippen molar-refractivity contribution >= 4 is 11.9 Å². The van der Waals surface area contributed by atoms with Gasteiger partial charge in [-0.05, 0) is 19.4 Å². The zero-order valence-electron chi connectivity index (χ0n) is 11.1. The maximum atomic E-state index is 11.7. The molecule has 1 aromatic carbocycles. The summed E-state index contributed by atoms with van der Waals surface area (Å²) in [7, 11) is 0. The van der Waals surface area contributed by atoms with Gasteiger partial charge in [-0.15, -0.1) is 0 Å². The number of hydrogen-bond donors (Lipinski definition) is 1. The third kappa shape index (κ3) is 2.67. The first kappa shape index (κ1) is 13.3. The molecule has 19 heavy (non-hydrogen) atoms. The van der Waals surface area contributed by atoms with Gasteiger partial charge in [0.1, 0.15) is 0 Å². The highest BCUT2D eigenvalue weighted by molar-refractivity contribution is 5.88. The molecule has 0 radical (unpaired) electrons. The van der Waals surface area contributed by atoms with E-state index in [0.717, 1.165) is 5.56 Å². The molecule has 1 N–H and O–H groups in total. The predicted octanol–water partition coefficient (Wildman–Crippen LogP) is 2.13. The normalized spacial score (nSPS) is 25.8. The molecule has 1 fully saturated rings. The van der Waals surface area contributed by atoms with E-state index < -0.39 is 11.7 Å². The number of carbonyl (C=O) groups excluding carboxylic acids is 2. The molecule has 2 unspecified atom stereocenters. The molecule has 0 saturated carbocycles. The molecule has 100 valence electrons. The van der Waals surface area contributed by atoms with Gasteiger partial charge >= 0.3 is 5.97 Å². The minimum atomic E-state index is -1.02. The molecule has 0 aromatic heterocycles. The number of carbonyl (C=O) groups is 2. The molecule has 0 spiro atoms. The van der Waals surface area contributed by atoms with Crippen LogP contribution in [0.1, 0.15) is 31.7 Å². The summed E-state index contributed by atoms with van der Waals surface area (Å²) < 4.78 is 5.43. The summed E-state index contributed by atoms with van der Waals surface area (Å²) in [5.41, 5.74) is 0.265. The summed E-state index contributed by atoms with van der Waals surface area (Å²) in [4.78, 5) is 23.4. The van der Waals surface area contributed by atoms with Gasteiger partial charge in [0.15, 0.2) is 5.72 Å². The van der Waals surface area contributed by atoms with Crippen molar-refractivity contribution in [2.75, 3.05) is 0 Å². The van der Waals surface area contributed by atoms with Crippen LogP contribution in [0.3, 0.4) is 0 Å². The fraction of sp³-hybridized carbons (Fsp3) is 0.333. The van der Waals surface area contributed by atoms with Crippen LogP contribution in [0.2, 0.25) is 0 Å². The highest BCUT2D eigenvalue weighted by Gasteiger charge is 2.47. The molecule has 4 heteroatoms. The van der Waals surface area contributed by atoms with Crippen LogP contribution in [0.4, 0.5) is 0 Å². The standard InChI is InChI=1S/C15H17NO3/c1-10(2)14(18)19-15(3)12(9-13(17)16-15)11-7-5-4-6-8-11/h4-8,12H,1,9H2,2-3H3,(H,16,17). The average molecular weight is 259 g/mol. The van der Waals surface area contributed by atoms with Crippen LogP contribution >= 0.6 is 0 Å². The van der Waals surface area contributed by atoms with Crippen molar-refractivity contribution in [1.29, 1.82) is 0 Å². The topological polar surface area (TPSA) is 55.4 Å². The van der Waals surface area contributed by atoms with E-state index in [1.165, 1.54) is 0 Å². The van der Waals surface area contributed by atoms with Gasteiger partial charge in [-0.3, -0.25) is 4.79 Å². The monoisotopic (exact) mass is 259 g/mol. The van der Waals surface area contributed by atoms with Crippen LogP contribution < -0.4 is 5.32 Å². The highest BCUT2D eigenvalue weighted by Crippen LogP contribution is 2.37. The van der Waals surface area contributed by atoms with Crippen molar-refractivity contribution in [3.8, 4) is 0 Å². The first-order valence-corrected chi connectivity index (χ1v) is 6.17. The van der Waals surface area contributed by atoms with Crippen LogP contribution in [0, 0.1) is 0 Å². The molecule has 2 atom stereocenters. The molecule has 1 saturated heterocycles.